The van der Waals surface area contributed by atoms with E-state index in [1.807, 2.05) is 18.4 Å². The fraction of sp³-hybridized carbons (Fsp3) is 0.625. The zero-order valence-electron chi connectivity index (χ0n) is 13.1. The molecule has 1 aliphatic heterocycles. The van der Waals surface area contributed by atoms with Crippen molar-refractivity contribution in [3.05, 3.63) is 22.4 Å². The average molecular weight is 344 g/mol. The molecule has 2 heterocycles. The summed E-state index contributed by atoms with van der Waals surface area (Å²) in [4.78, 5) is 26.6. The van der Waals surface area contributed by atoms with Gasteiger partial charge in [0, 0.05) is 18.4 Å². The normalized spacial score (nSPS) is 18.1. The van der Waals surface area contributed by atoms with Gasteiger partial charge in [-0.05, 0) is 44.3 Å². The van der Waals surface area contributed by atoms with Gasteiger partial charge in [0.2, 0.25) is 5.91 Å². The van der Waals surface area contributed by atoms with Gasteiger partial charge in [-0.15, -0.1) is 11.3 Å². The fourth-order valence-corrected chi connectivity index (χ4v) is 3.48. The predicted molar refractivity (Wildman–Crippen MR) is 86.0 cm³/mol. The Morgan fingerprint density at radius 3 is 2.65 bits per heavy atom. The quantitative estimate of drug-likeness (QED) is 0.774. The Hall–Kier alpha value is -1.34. The van der Waals surface area contributed by atoms with Crippen LogP contribution in [0, 0.1) is 5.92 Å². The molecule has 1 aromatic rings. The van der Waals surface area contributed by atoms with Crippen molar-refractivity contribution >= 4 is 23.0 Å². The third kappa shape index (κ3) is 5.66. The summed E-state index contributed by atoms with van der Waals surface area (Å²) in [7, 11) is 0. The van der Waals surface area contributed by atoms with Crippen LogP contribution in [-0.2, 0) is 4.79 Å². The van der Waals surface area contributed by atoms with E-state index in [0.29, 0.717) is 30.8 Å². The summed E-state index contributed by atoms with van der Waals surface area (Å²) in [6.07, 6.45) is -0.881. The second-order valence-corrected chi connectivity index (χ2v) is 6.93. The lowest BCUT2D eigenvalue weighted by molar-refractivity contribution is -0.127. The average Bonchev–Trinajstić information content (AvgIpc) is 3.01. The zero-order chi connectivity index (χ0) is 16.8. The molecular weight excluding hydrogens is 322 g/mol. The first-order valence-corrected chi connectivity index (χ1v) is 8.71. The molecule has 0 unspecified atom stereocenters. The van der Waals surface area contributed by atoms with Crippen LogP contribution in [0.5, 0.6) is 0 Å². The second-order valence-electron chi connectivity index (χ2n) is 5.98. The lowest BCUT2D eigenvalue weighted by Gasteiger charge is -2.31. The van der Waals surface area contributed by atoms with E-state index in [1.54, 1.807) is 11.0 Å². The topological polar surface area (TPSA) is 49.4 Å². The molecule has 1 aliphatic rings. The van der Waals surface area contributed by atoms with Gasteiger partial charge in [0.1, 0.15) is 0 Å². The van der Waals surface area contributed by atoms with Crippen LogP contribution in [0.15, 0.2) is 17.5 Å². The van der Waals surface area contributed by atoms with Gasteiger partial charge < -0.3 is 5.32 Å². The maximum absolute atomic E-state index is 12.3. The van der Waals surface area contributed by atoms with Crippen LogP contribution in [0.25, 0.3) is 0 Å². The maximum Gasteiger partial charge on any atom is 0.251 e. The van der Waals surface area contributed by atoms with Crippen molar-refractivity contribution in [3.63, 3.8) is 0 Å². The molecule has 7 heteroatoms. The van der Waals surface area contributed by atoms with Gasteiger partial charge in [-0.3, -0.25) is 14.5 Å². The van der Waals surface area contributed by atoms with Crippen LogP contribution in [-0.4, -0.2) is 48.7 Å². The second kappa shape index (κ2) is 8.49. The maximum atomic E-state index is 12.3. The van der Waals surface area contributed by atoms with Crippen molar-refractivity contribution in [2.45, 2.75) is 38.7 Å². The van der Waals surface area contributed by atoms with Crippen LogP contribution in [0.2, 0.25) is 0 Å². The summed E-state index contributed by atoms with van der Waals surface area (Å²) in [6, 6.07) is 3.38. The summed E-state index contributed by atoms with van der Waals surface area (Å²) in [6.45, 7) is 2.63. The lowest BCUT2D eigenvalue weighted by Crippen LogP contribution is -2.44. The van der Waals surface area contributed by atoms with E-state index in [0.717, 1.165) is 0 Å². The zero-order valence-corrected chi connectivity index (χ0v) is 14.0. The fourth-order valence-electron chi connectivity index (χ4n) is 2.80. The minimum absolute atomic E-state index is 0.0274. The number of Topliss-reactive ketones (excluding diaryl/α,β-unsaturated/α-hetero) is 1. The highest BCUT2D eigenvalue weighted by molar-refractivity contribution is 7.12. The first-order chi connectivity index (χ1) is 11.0. The van der Waals surface area contributed by atoms with Crippen molar-refractivity contribution in [2.24, 2.45) is 5.92 Å². The molecule has 2 rings (SSSR count). The number of hydrogen-bond donors (Lipinski definition) is 1. The molecule has 4 nitrogen and oxygen atoms in total. The molecular formula is C16H22F2N2O2S. The van der Waals surface area contributed by atoms with Crippen LogP contribution >= 0.6 is 11.3 Å². The number of nitrogens with zero attached hydrogens (tertiary/aromatic N) is 1. The van der Waals surface area contributed by atoms with E-state index in [1.165, 1.54) is 11.3 Å². The molecule has 0 spiro atoms. The number of carbonyl (C=O) groups excluding carboxylic acids is 2. The number of likely N-dealkylation sites (tertiary alicyclic amines) is 1. The van der Waals surface area contributed by atoms with E-state index < -0.39 is 6.43 Å². The van der Waals surface area contributed by atoms with Crippen LogP contribution < -0.4 is 5.32 Å². The third-order valence-corrected chi connectivity index (χ3v) is 4.94. The Kier molecular flexibility index (Phi) is 6.65. The van der Waals surface area contributed by atoms with Crippen molar-refractivity contribution in [2.75, 3.05) is 19.6 Å². The van der Waals surface area contributed by atoms with Gasteiger partial charge in [0.25, 0.3) is 6.43 Å². The smallest absolute Gasteiger partial charge is 0.251 e. The molecule has 1 atom stereocenters. The van der Waals surface area contributed by atoms with Crippen molar-refractivity contribution < 1.29 is 18.4 Å². The number of halogens is 2. The van der Waals surface area contributed by atoms with Crippen LogP contribution in [0.3, 0.4) is 0 Å². The first-order valence-electron chi connectivity index (χ1n) is 7.83. The molecule has 0 aromatic carbocycles. The first kappa shape index (κ1) is 18.0. The number of ketones is 1. The summed E-state index contributed by atoms with van der Waals surface area (Å²) in [5.41, 5.74) is 0. The predicted octanol–water partition coefficient (Wildman–Crippen LogP) is 2.80. The molecule has 1 fully saturated rings. The Labute approximate surface area is 138 Å². The van der Waals surface area contributed by atoms with Gasteiger partial charge in [0.15, 0.2) is 5.78 Å². The van der Waals surface area contributed by atoms with Crippen LogP contribution in [0.4, 0.5) is 8.78 Å². The largest absolute Gasteiger partial charge is 0.353 e. The van der Waals surface area contributed by atoms with Crippen LogP contribution in [0.1, 0.15) is 35.9 Å². The van der Waals surface area contributed by atoms with E-state index in [9.17, 15) is 18.4 Å². The summed E-state index contributed by atoms with van der Waals surface area (Å²) >= 11 is 1.40. The number of amides is 1. The highest BCUT2D eigenvalue weighted by atomic mass is 32.1. The summed E-state index contributed by atoms with van der Waals surface area (Å²) < 4.78 is 24.7. The van der Waals surface area contributed by atoms with Crippen molar-refractivity contribution in [3.8, 4) is 0 Å². The minimum atomic E-state index is -2.33. The number of rotatable bonds is 7. The van der Waals surface area contributed by atoms with Crippen molar-refractivity contribution in [1.29, 1.82) is 0 Å². The molecule has 23 heavy (non-hydrogen) atoms. The van der Waals surface area contributed by atoms with E-state index >= 15 is 0 Å². The van der Waals surface area contributed by atoms with Gasteiger partial charge in [0.05, 0.1) is 11.4 Å². The van der Waals surface area contributed by atoms with Gasteiger partial charge in [-0.2, -0.15) is 0 Å². The number of nitrogens with one attached hydrogen (secondary N) is 1. The summed E-state index contributed by atoms with van der Waals surface area (Å²) in [5.74, 6) is -0.198. The van der Waals surface area contributed by atoms with E-state index in [2.05, 4.69) is 5.32 Å². The number of hydrogen-bond acceptors (Lipinski definition) is 4. The molecule has 0 bridgehead atoms. The third-order valence-electron chi connectivity index (χ3n) is 4.03. The standard InChI is InChI=1S/C16H22F2N2O2S/c1-11(9-13(21)14-3-2-8-23-14)19-16(22)12-4-6-20(7-5-12)10-15(17)18/h2-3,8,11-12,15H,4-7,9-10H2,1H3,(H,19,22)/t11-/m1/s1. The molecule has 0 aliphatic carbocycles. The SMILES string of the molecule is C[C@H](CC(=O)c1cccs1)NC(=O)C1CCN(CC(F)F)CC1. The molecule has 1 amide bonds. The van der Waals surface area contributed by atoms with Gasteiger partial charge in [-0.1, -0.05) is 6.07 Å². The van der Waals surface area contributed by atoms with E-state index in [4.69, 9.17) is 0 Å². The molecule has 1 aromatic heterocycles. The number of thiophene rings is 1. The van der Waals surface area contributed by atoms with Crippen molar-refractivity contribution in [1.82, 2.24) is 10.2 Å². The van der Waals surface area contributed by atoms with Gasteiger partial charge >= 0.3 is 0 Å². The molecule has 1 N–H and O–H groups in total. The Morgan fingerprint density at radius 1 is 1.39 bits per heavy atom. The Balaban J connectivity index is 1.73. The molecule has 128 valence electrons. The number of piperidine rings is 1. The Morgan fingerprint density at radius 2 is 2.09 bits per heavy atom. The Bertz CT molecular complexity index is 514. The highest BCUT2D eigenvalue weighted by Gasteiger charge is 2.27. The van der Waals surface area contributed by atoms with E-state index in [-0.39, 0.29) is 36.6 Å². The number of alkyl halides is 2. The highest BCUT2D eigenvalue weighted by Crippen LogP contribution is 2.19. The molecule has 1 saturated heterocycles. The lowest BCUT2D eigenvalue weighted by atomic mass is 9.95. The minimum Gasteiger partial charge on any atom is -0.353 e. The monoisotopic (exact) mass is 344 g/mol. The molecule has 0 radical (unpaired) electrons. The van der Waals surface area contributed by atoms with Gasteiger partial charge in [-0.25, -0.2) is 8.78 Å². The number of carbonyl (C=O) groups is 2. The molecule has 0 saturated carbocycles. The summed E-state index contributed by atoms with van der Waals surface area (Å²) in [5, 5.41) is 4.73.